The van der Waals surface area contributed by atoms with E-state index < -0.39 is 38.7 Å². The molecule has 10 heteroatoms. The van der Waals surface area contributed by atoms with E-state index in [1.165, 1.54) is 11.0 Å². The summed E-state index contributed by atoms with van der Waals surface area (Å²) in [7, 11) is -3.94. The van der Waals surface area contributed by atoms with Gasteiger partial charge in [-0.2, -0.15) is 0 Å². The average molecular weight is 492 g/mol. The van der Waals surface area contributed by atoms with Crippen LogP contribution in [0.1, 0.15) is 49.5 Å². The van der Waals surface area contributed by atoms with Gasteiger partial charge in [-0.3, -0.25) is 10.2 Å². The lowest BCUT2D eigenvalue weighted by Crippen LogP contribution is -2.50. The molecule has 0 saturated carbocycles. The zero-order chi connectivity index (χ0) is 25.1. The first-order valence-corrected chi connectivity index (χ1v) is 12.6. The van der Waals surface area contributed by atoms with Gasteiger partial charge in [0.1, 0.15) is 11.4 Å². The minimum atomic E-state index is -3.94. The Hall–Kier alpha value is -2.98. The number of hydrogen-bond acceptors (Lipinski definition) is 5. The standard InChI is InChI=1S/C24H30FN3O5S/c1-16-14-18(17-8-6-5-7-9-17)15-20(21(16)25)22(29)26-27-34(31,32)19-10-12-28(13-11-19)23(30)33-24(2,3)4/h5-9,14-15,19,27H,10-13H2,1-4H3,(H,26,29). The summed E-state index contributed by atoms with van der Waals surface area (Å²) in [6, 6.07) is 12.2. The van der Waals surface area contributed by atoms with Gasteiger partial charge >= 0.3 is 6.09 Å². The third-order valence-electron chi connectivity index (χ3n) is 5.45. The van der Waals surface area contributed by atoms with Crippen LogP contribution < -0.4 is 10.3 Å². The van der Waals surface area contributed by atoms with Crippen LogP contribution in [0.25, 0.3) is 11.1 Å². The summed E-state index contributed by atoms with van der Waals surface area (Å²) in [5, 5.41) is -0.811. The van der Waals surface area contributed by atoms with E-state index in [-0.39, 0.29) is 37.1 Å². The number of benzene rings is 2. The summed E-state index contributed by atoms with van der Waals surface area (Å²) in [5.74, 6) is -1.62. The number of sulfonamides is 1. The molecule has 184 valence electrons. The number of amides is 2. The molecule has 2 N–H and O–H groups in total. The Morgan fingerprint density at radius 2 is 1.68 bits per heavy atom. The second-order valence-corrected chi connectivity index (χ2v) is 11.2. The summed E-state index contributed by atoms with van der Waals surface area (Å²) in [5.41, 5.74) is 2.93. The lowest BCUT2D eigenvalue weighted by atomic mass is 9.99. The Labute approximate surface area is 199 Å². The molecule has 0 spiro atoms. The molecule has 0 atom stereocenters. The number of carbonyl (C=O) groups is 2. The quantitative estimate of drug-likeness (QED) is 0.620. The monoisotopic (exact) mass is 491 g/mol. The number of nitrogens with zero attached hydrogens (tertiary/aromatic N) is 1. The lowest BCUT2D eigenvalue weighted by Gasteiger charge is -2.33. The van der Waals surface area contributed by atoms with Crippen molar-refractivity contribution in [1.29, 1.82) is 0 Å². The summed E-state index contributed by atoms with van der Waals surface area (Å²) in [6.07, 6.45) is -0.128. The van der Waals surface area contributed by atoms with Crippen molar-refractivity contribution in [3.05, 3.63) is 59.4 Å². The number of ether oxygens (including phenoxy) is 1. The van der Waals surface area contributed by atoms with Gasteiger partial charge in [0, 0.05) is 13.1 Å². The Balaban J connectivity index is 1.64. The number of halogens is 1. The van der Waals surface area contributed by atoms with Crippen LogP contribution in [0.15, 0.2) is 42.5 Å². The van der Waals surface area contributed by atoms with Gasteiger partial charge in [-0.05, 0) is 69.4 Å². The SMILES string of the molecule is Cc1cc(-c2ccccc2)cc(C(=O)NNS(=O)(=O)C2CCN(C(=O)OC(C)(C)C)CC2)c1F. The highest BCUT2D eigenvalue weighted by atomic mass is 32.2. The summed E-state index contributed by atoms with van der Waals surface area (Å²) in [4.78, 5) is 28.4. The van der Waals surface area contributed by atoms with Crippen molar-refractivity contribution in [2.75, 3.05) is 13.1 Å². The molecule has 1 aliphatic rings. The van der Waals surface area contributed by atoms with Crippen LogP contribution in [0.5, 0.6) is 0 Å². The van der Waals surface area contributed by atoms with Crippen molar-refractivity contribution in [3.8, 4) is 11.1 Å². The van der Waals surface area contributed by atoms with Crippen molar-refractivity contribution in [2.45, 2.75) is 51.4 Å². The average Bonchev–Trinajstić information content (AvgIpc) is 2.79. The van der Waals surface area contributed by atoms with E-state index in [0.29, 0.717) is 5.56 Å². The number of rotatable bonds is 5. The fourth-order valence-electron chi connectivity index (χ4n) is 3.68. The van der Waals surface area contributed by atoms with Gasteiger partial charge in [0.25, 0.3) is 5.91 Å². The topological polar surface area (TPSA) is 105 Å². The Bertz CT molecular complexity index is 1160. The molecule has 0 unspecified atom stereocenters. The molecule has 2 aromatic carbocycles. The lowest BCUT2D eigenvalue weighted by molar-refractivity contribution is 0.0217. The molecule has 3 rings (SSSR count). The van der Waals surface area contributed by atoms with Gasteiger partial charge in [0.05, 0.1) is 10.8 Å². The van der Waals surface area contributed by atoms with Crippen molar-refractivity contribution < 1.29 is 27.1 Å². The number of hydrazine groups is 1. The van der Waals surface area contributed by atoms with Crippen LogP contribution in [-0.2, 0) is 14.8 Å². The molecule has 0 radical (unpaired) electrons. The van der Waals surface area contributed by atoms with Crippen molar-refractivity contribution in [2.24, 2.45) is 0 Å². The molecule has 8 nitrogen and oxygen atoms in total. The van der Waals surface area contributed by atoms with Gasteiger partial charge in [-0.1, -0.05) is 30.3 Å². The second kappa shape index (κ2) is 10.1. The molecule has 2 amide bonds. The van der Waals surface area contributed by atoms with Gasteiger partial charge in [-0.25, -0.2) is 17.6 Å². The third kappa shape index (κ3) is 6.32. The van der Waals surface area contributed by atoms with Crippen LogP contribution >= 0.6 is 0 Å². The van der Waals surface area contributed by atoms with Crippen LogP contribution in [0, 0.1) is 12.7 Å². The van der Waals surface area contributed by atoms with Crippen molar-refractivity contribution in [1.82, 2.24) is 15.2 Å². The molecule has 2 aromatic rings. The fraction of sp³-hybridized carbons (Fsp3) is 0.417. The number of likely N-dealkylation sites (tertiary alicyclic amines) is 1. The highest BCUT2D eigenvalue weighted by molar-refractivity contribution is 7.90. The highest BCUT2D eigenvalue weighted by Crippen LogP contribution is 2.25. The van der Waals surface area contributed by atoms with Gasteiger partial charge in [0.15, 0.2) is 0 Å². The first-order valence-electron chi connectivity index (χ1n) is 11.0. The van der Waals surface area contributed by atoms with E-state index in [1.54, 1.807) is 33.8 Å². The van der Waals surface area contributed by atoms with Gasteiger partial charge in [0.2, 0.25) is 10.0 Å². The first kappa shape index (κ1) is 25.6. The molecule has 1 fully saturated rings. The molecule has 0 aliphatic carbocycles. The van der Waals surface area contributed by atoms with E-state index in [2.05, 4.69) is 10.3 Å². The Morgan fingerprint density at radius 1 is 1.06 bits per heavy atom. The van der Waals surface area contributed by atoms with Crippen LogP contribution in [0.3, 0.4) is 0 Å². The largest absolute Gasteiger partial charge is 0.444 e. The number of hydrogen-bond donors (Lipinski definition) is 2. The maximum Gasteiger partial charge on any atom is 0.410 e. The summed E-state index contributed by atoms with van der Waals surface area (Å²) < 4.78 is 45.4. The zero-order valence-electron chi connectivity index (χ0n) is 19.7. The second-order valence-electron chi connectivity index (χ2n) is 9.29. The number of nitrogens with one attached hydrogen (secondary N) is 2. The van der Waals surface area contributed by atoms with E-state index in [0.717, 1.165) is 5.56 Å². The predicted molar refractivity (Wildman–Crippen MR) is 127 cm³/mol. The van der Waals surface area contributed by atoms with Gasteiger partial charge in [-0.15, -0.1) is 4.83 Å². The minimum Gasteiger partial charge on any atom is -0.444 e. The molecular weight excluding hydrogens is 461 g/mol. The van der Waals surface area contributed by atoms with Crippen molar-refractivity contribution in [3.63, 3.8) is 0 Å². The maximum atomic E-state index is 14.7. The Morgan fingerprint density at radius 3 is 2.26 bits per heavy atom. The molecule has 34 heavy (non-hydrogen) atoms. The van der Waals surface area contributed by atoms with E-state index >= 15 is 0 Å². The van der Waals surface area contributed by atoms with E-state index in [1.807, 2.05) is 30.3 Å². The van der Waals surface area contributed by atoms with Crippen LogP contribution in [0.2, 0.25) is 0 Å². The highest BCUT2D eigenvalue weighted by Gasteiger charge is 2.33. The number of carbonyl (C=O) groups excluding carboxylic acids is 2. The first-order chi connectivity index (χ1) is 15.9. The predicted octanol–water partition coefficient (Wildman–Crippen LogP) is 3.76. The molecule has 0 aromatic heterocycles. The minimum absolute atomic E-state index is 0.182. The van der Waals surface area contributed by atoms with Crippen molar-refractivity contribution >= 4 is 22.0 Å². The summed E-state index contributed by atoms with van der Waals surface area (Å²) in [6.45, 7) is 7.24. The zero-order valence-corrected chi connectivity index (χ0v) is 20.5. The van der Waals surface area contributed by atoms with E-state index in [4.69, 9.17) is 4.74 Å². The molecular formula is C24H30FN3O5S. The maximum absolute atomic E-state index is 14.7. The Kier molecular flexibility index (Phi) is 7.62. The molecule has 1 saturated heterocycles. The third-order valence-corrected chi connectivity index (χ3v) is 7.18. The van der Waals surface area contributed by atoms with E-state index in [9.17, 15) is 22.4 Å². The molecule has 1 aliphatic heterocycles. The smallest absolute Gasteiger partial charge is 0.410 e. The molecule has 1 heterocycles. The van der Waals surface area contributed by atoms with Gasteiger partial charge < -0.3 is 9.64 Å². The summed E-state index contributed by atoms with van der Waals surface area (Å²) >= 11 is 0. The molecule has 0 bridgehead atoms. The number of aryl methyl sites for hydroxylation is 1. The normalized spacial score (nSPS) is 15.1. The van der Waals surface area contributed by atoms with Crippen LogP contribution in [0.4, 0.5) is 9.18 Å². The number of piperidine rings is 1. The van der Waals surface area contributed by atoms with Crippen LogP contribution in [-0.4, -0.2) is 49.3 Å². The fourth-order valence-corrected chi connectivity index (χ4v) is 4.91.